The van der Waals surface area contributed by atoms with Gasteiger partial charge in [-0.05, 0) is 12.1 Å². The first-order valence-corrected chi connectivity index (χ1v) is 7.68. The molecule has 0 saturated carbocycles. The van der Waals surface area contributed by atoms with E-state index in [1.165, 1.54) is 26.3 Å². The van der Waals surface area contributed by atoms with Crippen molar-refractivity contribution >= 4 is 33.2 Å². The Labute approximate surface area is 127 Å². The van der Waals surface area contributed by atoms with Crippen LogP contribution in [0.25, 0.3) is 0 Å². The lowest BCUT2D eigenvalue weighted by atomic mass is 10.2. The summed E-state index contributed by atoms with van der Waals surface area (Å²) in [6.45, 7) is -0.109. The van der Waals surface area contributed by atoms with Crippen molar-refractivity contribution in [1.82, 2.24) is 4.31 Å². The summed E-state index contributed by atoms with van der Waals surface area (Å²) in [5.74, 6) is -1.36. The second kappa shape index (κ2) is 6.92. The lowest BCUT2D eigenvalue weighted by molar-refractivity contribution is -0.140. The minimum Gasteiger partial charge on any atom is -0.469 e. The minimum atomic E-state index is -4.02. The van der Waals surface area contributed by atoms with Crippen LogP contribution in [0, 0.1) is 5.82 Å². The largest absolute Gasteiger partial charge is 0.469 e. The quantitative estimate of drug-likeness (QED) is 0.607. The number of sulfonamides is 1. The van der Waals surface area contributed by atoms with Crippen LogP contribution < -0.4 is 5.73 Å². The molecule has 0 radical (unpaired) electrons. The summed E-state index contributed by atoms with van der Waals surface area (Å²) < 4.78 is 43.9. The first kappa shape index (κ1) is 17.5. The molecular formula is C12H15FN2O4S2. The summed E-state index contributed by atoms with van der Waals surface area (Å²) >= 11 is 4.70. The maximum atomic E-state index is 13.7. The van der Waals surface area contributed by atoms with E-state index in [9.17, 15) is 17.6 Å². The first-order valence-electron chi connectivity index (χ1n) is 5.83. The summed E-state index contributed by atoms with van der Waals surface area (Å²) in [7, 11) is -1.55. The normalized spacial score (nSPS) is 11.4. The van der Waals surface area contributed by atoms with Gasteiger partial charge in [0.25, 0.3) is 0 Å². The molecule has 0 aliphatic heterocycles. The van der Waals surface area contributed by atoms with E-state index in [-0.39, 0.29) is 28.4 Å². The molecule has 1 rings (SSSR count). The van der Waals surface area contributed by atoms with Crippen molar-refractivity contribution in [2.45, 2.75) is 11.3 Å². The highest BCUT2D eigenvalue weighted by Crippen LogP contribution is 2.22. The number of nitrogens with two attached hydrogens (primary N) is 1. The first-order chi connectivity index (χ1) is 9.71. The smallest absolute Gasteiger partial charge is 0.306 e. The number of benzene rings is 1. The number of carbonyl (C=O) groups excluding carboxylic acids is 1. The molecule has 9 heteroatoms. The summed E-state index contributed by atoms with van der Waals surface area (Å²) in [4.78, 5) is 10.4. The number of halogens is 1. The van der Waals surface area contributed by atoms with E-state index in [0.29, 0.717) is 0 Å². The van der Waals surface area contributed by atoms with E-state index >= 15 is 0 Å². The third-order valence-electron chi connectivity index (χ3n) is 2.77. The molecule has 1 aromatic carbocycles. The van der Waals surface area contributed by atoms with Crippen LogP contribution in [-0.2, 0) is 19.6 Å². The molecule has 0 bridgehead atoms. The van der Waals surface area contributed by atoms with Crippen LogP contribution in [0.4, 0.5) is 4.39 Å². The predicted octanol–water partition coefficient (Wildman–Crippen LogP) is 0.643. The Bertz CT molecular complexity index is 661. The predicted molar refractivity (Wildman–Crippen MR) is 78.7 cm³/mol. The van der Waals surface area contributed by atoms with Gasteiger partial charge >= 0.3 is 5.97 Å². The highest BCUT2D eigenvalue weighted by Gasteiger charge is 2.27. The highest BCUT2D eigenvalue weighted by atomic mass is 32.2. The molecule has 0 heterocycles. The van der Waals surface area contributed by atoms with Crippen LogP contribution in [0.1, 0.15) is 12.0 Å². The van der Waals surface area contributed by atoms with Gasteiger partial charge in [-0.15, -0.1) is 0 Å². The standard InChI is InChI=1S/C12H15FN2O4S2/c1-15(7-6-10(16)19-2)21(17,18)9-5-3-4-8(13)11(9)12(14)20/h3-5H,6-7H2,1-2H3,(H2,14,20). The third-order valence-corrected chi connectivity index (χ3v) is 4.87. The van der Waals surface area contributed by atoms with Crippen LogP contribution in [0.15, 0.2) is 23.1 Å². The van der Waals surface area contributed by atoms with Gasteiger partial charge in [0.1, 0.15) is 10.8 Å². The molecule has 0 aliphatic rings. The Morgan fingerprint density at radius 2 is 2.10 bits per heavy atom. The molecule has 0 atom stereocenters. The van der Waals surface area contributed by atoms with E-state index in [1.54, 1.807) is 0 Å². The summed E-state index contributed by atoms with van der Waals surface area (Å²) in [6, 6.07) is 3.53. The number of rotatable bonds is 6. The zero-order chi connectivity index (χ0) is 16.2. The number of nitrogens with zero attached hydrogens (tertiary/aromatic N) is 1. The fourth-order valence-corrected chi connectivity index (χ4v) is 3.25. The number of hydrogen-bond donors (Lipinski definition) is 1. The van der Waals surface area contributed by atoms with E-state index in [2.05, 4.69) is 4.74 Å². The Morgan fingerprint density at radius 1 is 1.48 bits per heavy atom. The number of carbonyl (C=O) groups is 1. The van der Waals surface area contributed by atoms with Crippen LogP contribution in [0.5, 0.6) is 0 Å². The van der Waals surface area contributed by atoms with E-state index in [4.69, 9.17) is 18.0 Å². The molecule has 0 amide bonds. The van der Waals surface area contributed by atoms with Crippen molar-refractivity contribution in [2.75, 3.05) is 20.7 Å². The van der Waals surface area contributed by atoms with Gasteiger partial charge in [0.2, 0.25) is 10.0 Å². The van der Waals surface area contributed by atoms with Crippen molar-refractivity contribution in [3.63, 3.8) is 0 Å². The summed E-state index contributed by atoms with van der Waals surface area (Å²) in [6.07, 6.45) is -0.121. The van der Waals surface area contributed by atoms with E-state index in [0.717, 1.165) is 10.4 Å². The number of thiocarbonyl (C=S) groups is 1. The fraction of sp³-hybridized carbons (Fsp3) is 0.333. The number of ether oxygens (including phenoxy) is 1. The molecule has 2 N–H and O–H groups in total. The zero-order valence-electron chi connectivity index (χ0n) is 11.5. The number of methoxy groups -OCH3 is 1. The van der Waals surface area contributed by atoms with Gasteiger partial charge < -0.3 is 10.5 Å². The van der Waals surface area contributed by atoms with Crippen molar-refractivity contribution < 1.29 is 22.3 Å². The van der Waals surface area contributed by atoms with Crippen LogP contribution in [0.2, 0.25) is 0 Å². The van der Waals surface area contributed by atoms with Crippen molar-refractivity contribution in [1.29, 1.82) is 0 Å². The van der Waals surface area contributed by atoms with Crippen LogP contribution >= 0.6 is 12.2 Å². The molecule has 0 unspecified atom stereocenters. The van der Waals surface area contributed by atoms with Crippen LogP contribution in [-0.4, -0.2) is 44.4 Å². The molecular weight excluding hydrogens is 319 g/mol. The van der Waals surface area contributed by atoms with E-state index in [1.807, 2.05) is 0 Å². The lowest BCUT2D eigenvalue weighted by Gasteiger charge is -2.18. The van der Waals surface area contributed by atoms with Crippen LogP contribution in [0.3, 0.4) is 0 Å². The Kier molecular flexibility index (Phi) is 5.76. The molecule has 116 valence electrons. The van der Waals surface area contributed by atoms with E-state index < -0.39 is 21.8 Å². The molecule has 0 aromatic heterocycles. The van der Waals surface area contributed by atoms with Gasteiger partial charge in [0, 0.05) is 13.6 Å². The average molecular weight is 334 g/mol. The third kappa shape index (κ3) is 3.96. The summed E-state index contributed by atoms with van der Waals surface area (Å²) in [5, 5.41) is 0. The molecule has 1 aromatic rings. The van der Waals surface area contributed by atoms with Gasteiger partial charge in [-0.3, -0.25) is 4.79 Å². The minimum absolute atomic E-state index is 0.109. The second-order valence-corrected chi connectivity index (χ2v) is 6.58. The highest BCUT2D eigenvalue weighted by molar-refractivity contribution is 7.89. The summed E-state index contributed by atoms with van der Waals surface area (Å²) in [5.41, 5.74) is 5.05. The molecule has 0 spiro atoms. The number of hydrogen-bond acceptors (Lipinski definition) is 5. The van der Waals surface area contributed by atoms with Gasteiger partial charge in [-0.1, -0.05) is 18.3 Å². The molecule has 0 saturated heterocycles. The fourth-order valence-electron chi connectivity index (χ4n) is 1.60. The topological polar surface area (TPSA) is 89.7 Å². The van der Waals surface area contributed by atoms with Gasteiger partial charge in [0.05, 0.1) is 24.0 Å². The van der Waals surface area contributed by atoms with Gasteiger partial charge in [-0.25, -0.2) is 17.1 Å². The SMILES string of the molecule is COC(=O)CCN(C)S(=O)(=O)c1cccc(F)c1C(N)=S. The molecule has 21 heavy (non-hydrogen) atoms. The Morgan fingerprint density at radius 3 is 2.62 bits per heavy atom. The lowest BCUT2D eigenvalue weighted by Crippen LogP contribution is -2.31. The molecule has 0 aliphatic carbocycles. The molecule has 6 nitrogen and oxygen atoms in total. The Hall–Kier alpha value is -1.58. The second-order valence-electron chi connectivity index (χ2n) is 4.13. The van der Waals surface area contributed by atoms with Crippen molar-refractivity contribution in [2.24, 2.45) is 5.73 Å². The van der Waals surface area contributed by atoms with Gasteiger partial charge in [-0.2, -0.15) is 0 Å². The molecule has 0 fully saturated rings. The Balaban J connectivity index is 3.17. The maximum absolute atomic E-state index is 13.7. The number of esters is 1. The zero-order valence-corrected chi connectivity index (χ0v) is 13.1. The maximum Gasteiger partial charge on any atom is 0.306 e. The van der Waals surface area contributed by atoms with Crippen molar-refractivity contribution in [3.05, 3.63) is 29.6 Å². The monoisotopic (exact) mass is 334 g/mol. The average Bonchev–Trinajstić information content (AvgIpc) is 2.43. The van der Waals surface area contributed by atoms with Gasteiger partial charge in [0.15, 0.2) is 0 Å². The van der Waals surface area contributed by atoms with Crippen molar-refractivity contribution in [3.8, 4) is 0 Å².